The largest absolute Gasteiger partial charge is 0.351 e. The molecule has 110 valence electrons. The molecule has 0 bridgehead atoms. The van der Waals surface area contributed by atoms with Gasteiger partial charge in [-0.25, -0.2) is 0 Å². The smallest absolute Gasteiger partial charge is 0.251 e. The maximum atomic E-state index is 12.5. The van der Waals surface area contributed by atoms with Crippen LogP contribution < -0.4 is 5.32 Å². The van der Waals surface area contributed by atoms with E-state index in [2.05, 4.69) is 21.2 Å². The monoisotopic (exact) mass is 345 g/mol. The number of fused-ring (bicyclic) bond motifs is 1. The SMILES string of the molecule is O=C(NCC1(CBr)CCCC1)c1cccc2ccccc12. The predicted octanol–water partition coefficient (Wildman–Crippen LogP) is 4.52. The summed E-state index contributed by atoms with van der Waals surface area (Å²) in [6, 6.07) is 13.9. The molecular formula is C18H20BrNO. The molecule has 1 amide bonds. The average molecular weight is 346 g/mol. The second kappa shape index (κ2) is 6.18. The third kappa shape index (κ3) is 2.98. The number of rotatable bonds is 4. The third-order valence-corrected chi connectivity index (χ3v) is 5.80. The van der Waals surface area contributed by atoms with Crippen LogP contribution in [0.5, 0.6) is 0 Å². The lowest BCUT2D eigenvalue weighted by atomic mass is 9.88. The van der Waals surface area contributed by atoms with Crippen molar-refractivity contribution in [3.8, 4) is 0 Å². The van der Waals surface area contributed by atoms with Gasteiger partial charge in [-0.05, 0) is 35.1 Å². The number of benzene rings is 2. The summed E-state index contributed by atoms with van der Waals surface area (Å²) < 4.78 is 0. The van der Waals surface area contributed by atoms with Crippen molar-refractivity contribution in [1.29, 1.82) is 0 Å². The Bertz CT molecular complexity index is 641. The van der Waals surface area contributed by atoms with E-state index in [0.717, 1.165) is 28.2 Å². The van der Waals surface area contributed by atoms with Gasteiger partial charge in [-0.15, -0.1) is 0 Å². The van der Waals surface area contributed by atoms with Crippen LogP contribution >= 0.6 is 15.9 Å². The van der Waals surface area contributed by atoms with Crippen molar-refractivity contribution in [3.05, 3.63) is 48.0 Å². The van der Waals surface area contributed by atoms with Crippen LogP contribution in [0, 0.1) is 5.41 Å². The van der Waals surface area contributed by atoms with Crippen LogP contribution in [0.1, 0.15) is 36.0 Å². The topological polar surface area (TPSA) is 29.1 Å². The van der Waals surface area contributed by atoms with E-state index >= 15 is 0 Å². The van der Waals surface area contributed by atoms with Crippen molar-refractivity contribution in [3.63, 3.8) is 0 Å². The van der Waals surface area contributed by atoms with E-state index in [4.69, 9.17) is 0 Å². The first kappa shape index (κ1) is 14.6. The molecule has 2 aromatic rings. The molecule has 1 fully saturated rings. The molecule has 21 heavy (non-hydrogen) atoms. The molecule has 0 heterocycles. The second-order valence-electron chi connectivity index (χ2n) is 6.05. The molecule has 3 heteroatoms. The fourth-order valence-corrected chi connectivity index (χ4v) is 4.03. The van der Waals surface area contributed by atoms with Crippen LogP contribution in [-0.2, 0) is 0 Å². The Morgan fingerprint density at radius 1 is 1.10 bits per heavy atom. The minimum atomic E-state index is 0.0408. The van der Waals surface area contributed by atoms with Crippen molar-refractivity contribution >= 4 is 32.6 Å². The molecule has 0 saturated heterocycles. The van der Waals surface area contributed by atoms with E-state index in [-0.39, 0.29) is 11.3 Å². The molecule has 2 nitrogen and oxygen atoms in total. The first-order valence-corrected chi connectivity index (χ1v) is 8.68. The Labute approximate surface area is 134 Å². The minimum absolute atomic E-state index is 0.0408. The highest BCUT2D eigenvalue weighted by Gasteiger charge is 2.33. The van der Waals surface area contributed by atoms with Gasteiger partial charge in [-0.3, -0.25) is 4.79 Å². The summed E-state index contributed by atoms with van der Waals surface area (Å²) in [5, 5.41) is 6.26. The van der Waals surface area contributed by atoms with Crippen LogP contribution in [0.2, 0.25) is 0 Å². The highest BCUT2D eigenvalue weighted by molar-refractivity contribution is 9.09. The molecule has 0 radical (unpaired) electrons. The van der Waals surface area contributed by atoms with Gasteiger partial charge in [0.05, 0.1) is 0 Å². The molecule has 0 aliphatic heterocycles. The first-order chi connectivity index (χ1) is 10.2. The van der Waals surface area contributed by atoms with Gasteiger partial charge < -0.3 is 5.32 Å². The predicted molar refractivity (Wildman–Crippen MR) is 91.0 cm³/mol. The number of hydrogen-bond acceptors (Lipinski definition) is 1. The van der Waals surface area contributed by atoms with Crippen LogP contribution in [0.3, 0.4) is 0 Å². The molecule has 0 atom stereocenters. The zero-order valence-electron chi connectivity index (χ0n) is 12.1. The highest BCUT2D eigenvalue weighted by atomic mass is 79.9. The van der Waals surface area contributed by atoms with Gasteiger partial charge in [0, 0.05) is 17.4 Å². The normalized spacial score (nSPS) is 17.0. The Kier molecular flexibility index (Phi) is 4.29. The summed E-state index contributed by atoms with van der Waals surface area (Å²) in [6.45, 7) is 0.764. The van der Waals surface area contributed by atoms with Gasteiger partial charge in [-0.1, -0.05) is 65.2 Å². The summed E-state index contributed by atoms with van der Waals surface area (Å²) >= 11 is 3.63. The van der Waals surface area contributed by atoms with Crippen LogP contribution in [0.4, 0.5) is 0 Å². The zero-order chi connectivity index (χ0) is 14.7. The van der Waals surface area contributed by atoms with Crippen molar-refractivity contribution in [2.45, 2.75) is 25.7 Å². The number of halogens is 1. The van der Waals surface area contributed by atoms with Gasteiger partial charge in [0.25, 0.3) is 5.91 Å². The lowest BCUT2D eigenvalue weighted by molar-refractivity contribution is 0.0937. The van der Waals surface area contributed by atoms with Crippen LogP contribution in [0.25, 0.3) is 10.8 Å². The Balaban J connectivity index is 1.78. The average Bonchev–Trinajstić information content (AvgIpc) is 3.01. The van der Waals surface area contributed by atoms with Crippen molar-refractivity contribution in [2.75, 3.05) is 11.9 Å². The fraction of sp³-hybridized carbons (Fsp3) is 0.389. The summed E-state index contributed by atoms with van der Waals surface area (Å²) in [7, 11) is 0. The molecule has 1 N–H and O–H groups in total. The molecule has 0 aromatic heterocycles. The summed E-state index contributed by atoms with van der Waals surface area (Å²) in [5.41, 5.74) is 1.02. The highest BCUT2D eigenvalue weighted by Crippen LogP contribution is 2.39. The van der Waals surface area contributed by atoms with Crippen LogP contribution in [-0.4, -0.2) is 17.8 Å². The second-order valence-corrected chi connectivity index (χ2v) is 6.61. The lowest BCUT2D eigenvalue weighted by Gasteiger charge is -2.26. The number of hydrogen-bond donors (Lipinski definition) is 1. The standard InChI is InChI=1S/C18H20BrNO/c19-12-18(10-3-4-11-18)13-20-17(21)16-9-5-7-14-6-1-2-8-15(14)16/h1-2,5-9H,3-4,10-13H2,(H,20,21). The van der Waals surface area contributed by atoms with Crippen molar-refractivity contribution in [1.82, 2.24) is 5.32 Å². The van der Waals surface area contributed by atoms with Gasteiger partial charge in [0.15, 0.2) is 0 Å². The zero-order valence-corrected chi connectivity index (χ0v) is 13.7. The Morgan fingerprint density at radius 2 is 1.81 bits per heavy atom. The van der Waals surface area contributed by atoms with E-state index in [0.29, 0.717) is 0 Å². The molecule has 1 aliphatic carbocycles. The van der Waals surface area contributed by atoms with E-state index in [9.17, 15) is 4.79 Å². The molecule has 1 saturated carbocycles. The van der Waals surface area contributed by atoms with Crippen LogP contribution in [0.15, 0.2) is 42.5 Å². The lowest BCUT2D eigenvalue weighted by Crippen LogP contribution is -2.37. The van der Waals surface area contributed by atoms with E-state index in [1.807, 2.05) is 42.5 Å². The number of alkyl halides is 1. The van der Waals surface area contributed by atoms with E-state index in [1.165, 1.54) is 25.7 Å². The minimum Gasteiger partial charge on any atom is -0.351 e. The Morgan fingerprint density at radius 3 is 2.57 bits per heavy atom. The molecule has 0 spiro atoms. The van der Waals surface area contributed by atoms with Gasteiger partial charge in [0.1, 0.15) is 0 Å². The number of nitrogens with one attached hydrogen (secondary N) is 1. The number of carbonyl (C=O) groups is 1. The Hall–Kier alpha value is -1.35. The number of amides is 1. The molecule has 1 aliphatic rings. The molecule has 3 rings (SSSR count). The fourth-order valence-electron chi connectivity index (χ4n) is 3.27. The maximum absolute atomic E-state index is 12.5. The first-order valence-electron chi connectivity index (χ1n) is 7.56. The third-order valence-electron chi connectivity index (χ3n) is 4.61. The summed E-state index contributed by atoms with van der Waals surface area (Å²) in [4.78, 5) is 12.5. The quantitative estimate of drug-likeness (QED) is 0.810. The summed E-state index contributed by atoms with van der Waals surface area (Å²) in [5.74, 6) is 0.0408. The summed E-state index contributed by atoms with van der Waals surface area (Å²) in [6.07, 6.45) is 4.95. The number of carbonyl (C=O) groups excluding carboxylic acids is 1. The van der Waals surface area contributed by atoms with E-state index < -0.39 is 0 Å². The van der Waals surface area contributed by atoms with Crippen molar-refractivity contribution < 1.29 is 4.79 Å². The van der Waals surface area contributed by atoms with Crippen molar-refractivity contribution in [2.24, 2.45) is 5.41 Å². The van der Waals surface area contributed by atoms with Gasteiger partial charge in [0.2, 0.25) is 0 Å². The molecule has 0 unspecified atom stereocenters. The molecule has 2 aromatic carbocycles. The molecular weight excluding hydrogens is 326 g/mol. The van der Waals surface area contributed by atoms with Gasteiger partial charge >= 0.3 is 0 Å². The van der Waals surface area contributed by atoms with E-state index in [1.54, 1.807) is 0 Å². The maximum Gasteiger partial charge on any atom is 0.251 e. The van der Waals surface area contributed by atoms with Gasteiger partial charge in [-0.2, -0.15) is 0 Å².